The van der Waals surface area contributed by atoms with Crippen molar-refractivity contribution >= 4 is 0 Å². The molecular weight excluding hydrogens is 208 g/mol. The fourth-order valence-electron chi connectivity index (χ4n) is 3.58. The SMILES string of the molecule is CC#COC1CCC(C2CCC(C)CC2)CC1. The van der Waals surface area contributed by atoms with Crippen LogP contribution in [-0.4, -0.2) is 6.10 Å². The Morgan fingerprint density at radius 3 is 1.88 bits per heavy atom. The molecule has 2 aliphatic rings. The van der Waals surface area contributed by atoms with Crippen LogP contribution in [0.2, 0.25) is 0 Å². The van der Waals surface area contributed by atoms with Crippen molar-refractivity contribution < 1.29 is 4.74 Å². The van der Waals surface area contributed by atoms with Gasteiger partial charge in [-0.2, -0.15) is 0 Å². The van der Waals surface area contributed by atoms with E-state index in [9.17, 15) is 0 Å². The summed E-state index contributed by atoms with van der Waals surface area (Å²) < 4.78 is 5.52. The Bertz CT molecular complexity index is 270. The second-order valence-corrected chi connectivity index (χ2v) is 6.03. The molecule has 1 heteroatoms. The summed E-state index contributed by atoms with van der Waals surface area (Å²) in [4.78, 5) is 0. The van der Waals surface area contributed by atoms with Crippen molar-refractivity contribution in [2.24, 2.45) is 17.8 Å². The third-order valence-electron chi connectivity index (χ3n) is 4.77. The number of hydrogen-bond acceptors (Lipinski definition) is 1. The molecule has 2 fully saturated rings. The van der Waals surface area contributed by atoms with E-state index in [0.717, 1.165) is 17.8 Å². The quantitative estimate of drug-likeness (QED) is 0.645. The smallest absolute Gasteiger partial charge is 0.111 e. The van der Waals surface area contributed by atoms with Gasteiger partial charge in [-0.25, -0.2) is 0 Å². The second-order valence-electron chi connectivity index (χ2n) is 6.03. The maximum Gasteiger partial charge on any atom is 0.111 e. The number of rotatable bonds is 2. The lowest BCUT2D eigenvalue weighted by Gasteiger charge is -2.36. The van der Waals surface area contributed by atoms with E-state index in [4.69, 9.17) is 4.74 Å². The summed E-state index contributed by atoms with van der Waals surface area (Å²) in [6, 6.07) is 0. The Balaban J connectivity index is 1.72. The average molecular weight is 234 g/mol. The van der Waals surface area contributed by atoms with Crippen LogP contribution in [0, 0.1) is 29.8 Å². The lowest BCUT2D eigenvalue weighted by Crippen LogP contribution is -2.27. The third-order valence-corrected chi connectivity index (χ3v) is 4.77. The zero-order valence-electron chi connectivity index (χ0n) is 11.4. The van der Waals surface area contributed by atoms with E-state index in [1.54, 1.807) is 0 Å². The summed E-state index contributed by atoms with van der Waals surface area (Å²) in [5.74, 6) is 5.80. The molecule has 96 valence electrons. The van der Waals surface area contributed by atoms with Gasteiger partial charge in [0.25, 0.3) is 0 Å². The van der Waals surface area contributed by atoms with Crippen LogP contribution >= 0.6 is 0 Å². The summed E-state index contributed by atoms with van der Waals surface area (Å²) >= 11 is 0. The molecule has 0 amide bonds. The molecule has 1 nitrogen and oxygen atoms in total. The Kier molecular flexibility index (Phi) is 4.77. The highest BCUT2D eigenvalue weighted by Gasteiger charge is 2.30. The molecule has 0 aromatic rings. The summed E-state index contributed by atoms with van der Waals surface area (Å²) in [6.07, 6.45) is 14.3. The predicted octanol–water partition coefficient (Wildman–Crippen LogP) is 4.37. The van der Waals surface area contributed by atoms with Gasteiger partial charge in [0.15, 0.2) is 0 Å². The topological polar surface area (TPSA) is 9.23 Å². The molecule has 2 saturated carbocycles. The van der Waals surface area contributed by atoms with Gasteiger partial charge >= 0.3 is 0 Å². The minimum absolute atomic E-state index is 0.418. The highest BCUT2D eigenvalue weighted by molar-refractivity contribution is 4.88. The standard InChI is InChI=1S/C16H26O/c1-3-12-17-16-10-8-15(9-11-16)14-6-4-13(2)5-7-14/h13-16H,4-11H2,1-2H3. The van der Waals surface area contributed by atoms with Crippen molar-refractivity contribution in [2.75, 3.05) is 0 Å². The van der Waals surface area contributed by atoms with Crippen LogP contribution in [0.15, 0.2) is 0 Å². The van der Waals surface area contributed by atoms with E-state index in [0.29, 0.717) is 6.10 Å². The van der Waals surface area contributed by atoms with Crippen LogP contribution in [-0.2, 0) is 4.74 Å². The van der Waals surface area contributed by atoms with Crippen LogP contribution in [0.3, 0.4) is 0 Å². The molecule has 17 heavy (non-hydrogen) atoms. The lowest BCUT2D eigenvalue weighted by atomic mass is 9.71. The molecule has 2 aliphatic carbocycles. The molecule has 0 radical (unpaired) electrons. The van der Waals surface area contributed by atoms with E-state index in [1.165, 1.54) is 51.4 Å². The van der Waals surface area contributed by atoms with Gasteiger partial charge in [0.1, 0.15) is 12.2 Å². The lowest BCUT2D eigenvalue weighted by molar-refractivity contribution is 0.0756. The van der Waals surface area contributed by atoms with Gasteiger partial charge in [0.05, 0.1) is 0 Å². The fourth-order valence-corrected chi connectivity index (χ4v) is 3.58. The molecule has 0 spiro atoms. The van der Waals surface area contributed by atoms with Gasteiger partial charge in [-0.3, -0.25) is 0 Å². The van der Waals surface area contributed by atoms with Crippen molar-refractivity contribution in [3.05, 3.63) is 0 Å². The number of ether oxygens (including phenoxy) is 1. The number of hydrogen-bond donors (Lipinski definition) is 0. The molecule has 0 atom stereocenters. The highest BCUT2D eigenvalue weighted by Crippen LogP contribution is 2.40. The summed E-state index contributed by atoms with van der Waals surface area (Å²) in [6.45, 7) is 4.25. The average Bonchev–Trinajstić information content (AvgIpc) is 2.38. The minimum atomic E-state index is 0.418. The Labute approximate surface area is 106 Å². The molecule has 0 heterocycles. The predicted molar refractivity (Wildman–Crippen MR) is 71.4 cm³/mol. The third kappa shape index (κ3) is 3.66. The Morgan fingerprint density at radius 2 is 1.35 bits per heavy atom. The van der Waals surface area contributed by atoms with Crippen LogP contribution in [0.25, 0.3) is 0 Å². The minimum Gasteiger partial charge on any atom is -0.443 e. The molecular formula is C16H26O. The van der Waals surface area contributed by atoms with Crippen LogP contribution in [0.5, 0.6) is 0 Å². The van der Waals surface area contributed by atoms with Gasteiger partial charge in [-0.05, 0) is 56.3 Å². The van der Waals surface area contributed by atoms with Crippen molar-refractivity contribution in [2.45, 2.75) is 71.3 Å². The van der Waals surface area contributed by atoms with Crippen LogP contribution < -0.4 is 0 Å². The zero-order chi connectivity index (χ0) is 12.1. The molecule has 0 unspecified atom stereocenters. The first-order valence-corrected chi connectivity index (χ1v) is 7.37. The van der Waals surface area contributed by atoms with Gasteiger partial charge in [0.2, 0.25) is 0 Å². The van der Waals surface area contributed by atoms with Crippen molar-refractivity contribution in [3.8, 4) is 12.0 Å². The zero-order valence-corrected chi connectivity index (χ0v) is 11.4. The van der Waals surface area contributed by atoms with E-state index in [2.05, 4.69) is 19.0 Å². The molecule has 0 aromatic carbocycles. The monoisotopic (exact) mass is 234 g/mol. The molecule has 0 N–H and O–H groups in total. The van der Waals surface area contributed by atoms with Crippen LogP contribution in [0.4, 0.5) is 0 Å². The molecule has 2 rings (SSSR count). The van der Waals surface area contributed by atoms with Crippen molar-refractivity contribution in [3.63, 3.8) is 0 Å². The molecule has 0 saturated heterocycles. The summed E-state index contributed by atoms with van der Waals surface area (Å²) in [7, 11) is 0. The van der Waals surface area contributed by atoms with Gasteiger partial charge < -0.3 is 4.74 Å². The normalized spacial score (nSPS) is 38.0. The Morgan fingerprint density at radius 1 is 0.824 bits per heavy atom. The van der Waals surface area contributed by atoms with Gasteiger partial charge in [-0.1, -0.05) is 25.7 Å². The summed E-state index contributed by atoms with van der Waals surface area (Å²) in [5, 5.41) is 0. The van der Waals surface area contributed by atoms with Crippen LogP contribution in [0.1, 0.15) is 65.2 Å². The van der Waals surface area contributed by atoms with E-state index in [1.807, 2.05) is 6.92 Å². The second kappa shape index (κ2) is 6.34. The molecule has 0 aliphatic heterocycles. The first kappa shape index (κ1) is 12.8. The summed E-state index contributed by atoms with van der Waals surface area (Å²) in [5.41, 5.74) is 0. The maximum atomic E-state index is 5.52. The molecule has 0 aromatic heterocycles. The van der Waals surface area contributed by atoms with Gasteiger partial charge in [-0.15, -0.1) is 0 Å². The largest absolute Gasteiger partial charge is 0.443 e. The van der Waals surface area contributed by atoms with Gasteiger partial charge in [0, 0.05) is 6.92 Å². The van der Waals surface area contributed by atoms with E-state index in [-0.39, 0.29) is 0 Å². The Hall–Kier alpha value is -0.640. The first-order valence-electron chi connectivity index (χ1n) is 7.37. The van der Waals surface area contributed by atoms with Crippen molar-refractivity contribution in [1.29, 1.82) is 0 Å². The van der Waals surface area contributed by atoms with E-state index < -0.39 is 0 Å². The van der Waals surface area contributed by atoms with E-state index >= 15 is 0 Å². The molecule has 0 bridgehead atoms. The first-order chi connectivity index (χ1) is 8.29. The maximum absolute atomic E-state index is 5.52. The fraction of sp³-hybridized carbons (Fsp3) is 0.875. The van der Waals surface area contributed by atoms with Crippen molar-refractivity contribution in [1.82, 2.24) is 0 Å². The highest BCUT2D eigenvalue weighted by atomic mass is 16.5.